The molecule has 0 radical (unpaired) electrons. The Kier molecular flexibility index (Phi) is 5.73. The second-order valence-electron chi connectivity index (χ2n) is 6.52. The highest BCUT2D eigenvalue weighted by Crippen LogP contribution is 2.32. The Morgan fingerprint density at radius 1 is 1.15 bits per heavy atom. The van der Waals surface area contributed by atoms with Gasteiger partial charge in [-0.3, -0.25) is 4.79 Å². The maximum absolute atomic E-state index is 13.1. The van der Waals surface area contributed by atoms with E-state index in [2.05, 4.69) is 5.32 Å². The van der Waals surface area contributed by atoms with Crippen LogP contribution in [0.4, 0.5) is 4.39 Å². The van der Waals surface area contributed by atoms with Crippen molar-refractivity contribution in [2.75, 3.05) is 27.4 Å². The summed E-state index contributed by atoms with van der Waals surface area (Å²) in [5.74, 6) is 1.19. The number of ether oxygens (including phenoxy) is 2. The van der Waals surface area contributed by atoms with Crippen LogP contribution < -0.4 is 14.8 Å². The van der Waals surface area contributed by atoms with Gasteiger partial charge in [0.2, 0.25) is 12.7 Å². The van der Waals surface area contributed by atoms with E-state index in [9.17, 15) is 9.18 Å². The van der Waals surface area contributed by atoms with Crippen LogP contribution in [0.2, 0.25) is 0 Å². The third-order valence-corrected chi connectivity index (χ3v) is 4.45. The molecule has 0 spiro atoms. The van der Waals surface area contributed by atoms with Gasteiger partial charge in [-0.2, -0.15) is 0 Å². The summed E-state index contributed by atoms with van der Waals surface area (Å²) >= 11 is 0. The topological polar surface area (TPSA) is 50.8 Å². The van der Waals surface area contributed by atoms with Crippen molar-refractivity contribution in [2.45, 2.75) is 18.9 Å². The highest BCUT2D eigenvalue weighted by atomic mass is 19.1. The van der Waals surface area contributed by atoms with Gasteiger partial charge < -0.3 is 19.7 Å². The molecule has 1 N–H and O–H groups in total. The van der Waals surface area contributed by atoms with Gasteiger partial charge in [0.05, 0.1) is 6.04 Å². The van der Waals surface area contributed by atoms with Crippen molar-refractivity contribution in [1.29, 1.82) is 0 Å². The molecule has 138 valence electrons. The zero-order chi connectivity index (χ0) is 18.5. The zero-order valence-corrected chi connectivity index (χ0v) is 15.0. The van der Waals surface area contributed by atoms with Crippen molar-refractivity contribution in [2.24, 2.45) is 0 Å². The highest BCUT2D eigenvalue weighted by Gasteiger charge is 2.16. The molecular formula is C20H23FN2O3. The van der Waals surface area contributed by atoms with Gasteiger partial charge in [-0.1, -0.05) is 18.2 Å². The molecular weight excluding hydrogens is 335 g/mol. The molecule has 2 aromatic carbocycles. The Morgan fingerprint density at radius 2 is 1.88 bits per heavy atom. The lowest BCUT2D eigenvalue weighted by Gasteiger charge is -2.25. The van der Waals surface area contributed by atoms with Crippen molar-refractivity contribution in [1.82, 2.24) is 10.2 Å². The molecule has 5 nitrogen and oxygen atoms in total. The predicted molar refractivity (Wildman–Crippen MR) is 96.7 cm³/mol. The largest absolute Gasteiger partial charge is 0.454 e. The van der Waals surface area contributed by atoms with E-state index < -0.39 is 0 Å². The second kappa shape index (κ2) is 8.19. The molecule has 1 aliphatic heterocycles. The van der Waals surface area contributed by atoms with E-state index in [0.29, 0.717) is 19.4 Å². The Morgan fingerprint density at radius 3 is 2.62 bits per heavy atom. The maximum Gasteiger partial charge on any atom is 0.231 e. The molecule has 1 atom stereocenters. The molecule has 3 rings (SSSR count). The van der Waals surface area contributed by atoms with Crippen LogP contribution in [-0.2, 0) is 11.2 Å². The van der Waals surface area contributed by atoms with Gasteiger partial charge in [0.25, 0.3) is 0 Å². The summed E-state index contributed by atoms with van der Waals surface area (Å²) in [5, 5.41) is 2.97. The van der Waals surface area contributed by atoms with E-state index in [-0.39, 0.29) is 24.6 Å². The number of hydrogen-bond acceptors (Lipinski definition) is 4. The Hall–Kier alpha value is -2.60. The average molecular weight is 358 g/mol. The summed E-state index contributed by atoms with van der Waals surface area (Å²) in [6.45, 7) is 0.715. The molecule has 26 heavy (non-hydrogen) atoms. The number of carbonyl (C=O) groups excluding carboxylic acids is 1. The average Bonchev–Trinajstić information content (AvgIpc) is 3.09. The third-order valence-electron chi connectivity index (χ3n) is 4.45. The minimum Gasteiger partial charge on any atom is -0.454 e. The van der Waals surface area contributed by atoms with Gasteiger partial charge in [0.1, 0.15) is 5.82 Å². The van der Waals surface area contributed by atoms with Crippen LogP contribution in [0.15, 0.2) is 42.5 Å². The highest BCUT2D eigenvalue weighted by molar-refractivity contribution is 5.76. The predicted octanol–water partition coefficient (Wildman–Crippen LogP) is 2.91. The maximum atomic E-state index is 13.1. The lowest BCUT2D eigenvalue weighted by molar-refractivity contribution is -0.121. The molecule has 0 aliphatic carbocycles. The first-order valence-electron chi connectivity index (χ1n) is 8.60. The van der Waals surface area contributed by atoms with Gasteiger partial charge in [-0.25, -0.2) is 4.39 Å². The summed E-state index contributed by atoms with van der Waals surface area (Å²) in [5.41, 5.74) is 2.00. The van der Waals surface area contributed by atoms with Gasteiger partial charge >= 0.3 is 0 Å². The van der Waals surface area contributed by atoms with E-state index in [0.717, 1.165) is 22.6 Å². The quantitative estimate of drug-likeness (QED) is 0.827. The molecule has 1 amide bonds. The number of amides is 1. The van der Waals surface area contributed by atoms with E-state index >= 15 is 0 Å². The smallest absolute Gasteiger partial charge is 0.231 e. The number of hydrogen-bond donors (Lipinski definition) is 1. The molecule has 1 unspecified atom stereocenters. The van der Waals surface area contributed by atoms with Gasteiger partial charge in [-0.15, -0.1) is 0 Å². The molecule has 2 aromatic rings. The number of fused-ring (bicyclic) bond motifs is 1. The Bertz CT molecular complexity index is 762. The normalized spacial score (nSPS) is 13.7. The van der Waals surface area contributed by atoms with Crippen LogP contribution in [0.25, 0.3) is 0 Å². The fraction of sp³-hybridized carbons (Fsp3) is 0.350. The van der Waals surface area contributed by atoms with Crippen molar-refractivity contribution < 1.29 is 18.7 Å². The van der Waals surface area contributed by atoms with Crippen LogP contribution in [0.3, 0.4) is 0 Å². The molecule has 1 aliphatic rings. The first kappa shape index (κ1) is 18.2. The van der Waals surface area contributed by atoms with E-state index in [1.54, 1.807) is 12.1 Å². The van der Waals surface area contributed by atoms with E-state index in [4.69, 9.17) is 9.47 Å². The summed E-state index contributed by atoms with van der Waals surface area (Å²) in [6, 6.07) is 12.1. The number of aryl methyl sites for hydroxylation is 1. The van der Waals surface area contributed by atoms with Gasteiger partial charge in [0, 0.05) is 13.0 Å². The minimum atomic E-state index is -0.265. The van der Waals surface area contributed by atoms with Crippen molar-refractivity contribution in [3.05, 3.63) is 59.4 Å². The molecule has 0 bridgehead atoms. The molecule has 0 saturated carbocycles. The number of benzene rings is 2. The van der Waals surface area contributed by atoms with Crippen LogP contribution in [0, 0.1) is 5.82 Å². The van der Waals surface area contributed by atoms with Gasteiger partial charge in [-0.05, 0) is 55.9 Å². The lowest BCUT2D eigenvalue weighted by atomic mass is 10.1. The minimum absolute atomic E-state index is 0.00917. The number of halogens is 1. The SMILES string of the molecule is CN(C)C(CNC(=O)CCc1ccc2c(c1)OCO2)c1ccc(F)cc1. The van der Waals surface area contributed by atoms with Gasteiger partial charge in [0.15, 0.2) is 11.5 Å². The Balaban J connectivity index is 1.51. The number of rotatable bonds is 7. The van der Waals surface area contributed by atoms with E-state index in [1.807, 2.05) is 37.2 Å². The summed E-state index contributed by atoms with van der Waals surface area (Å²) in [7, 11) is 3.87. The lowest BCUT2D eigenvalue weighted by Crippen LogP contribution is -2.34. The second-order valence-corrected chi connectivity index (χ2v) is 6.52. The molecule has 1 heterocycles. The first-order valence-corrected chi connectivity index (χ1v) is 8.60. The van der Waals surface area contributed by atoms with Crippen molar-refractivity contribution in [3.8, 4) is 11.5 Å². The van der Waals surface area contributed by atoms with Crippen LogP contribution in [0.1, 0.15) is 23.6 Å². The molecule has 0 fully saturated rings. The monoisotopic (exact) mass is 358 g/mol. The summed E-state index contributed by atoms with van der Waals surface area (Å²) < 4.78 is 23.7. The van der Waals surface area contributed by atoms with Crippen LogP contribution >= 0.6 is 0 Å². The molecule has 6 heteroatoms. The van der Waals surface area contributed by atoms with Crippen molar-refractivity contribution >= 4 is 5.91 Å². The molecule has 0 aromatic heterocycles. The number of nitrogens with one attached hydrogen (secondary N) is 1. The fourth-order valence-corrected chi connectivity index (χ4v) is 2.94. The van der Waals surface area contributed by atoms with Crippen molar-refractivity contribution in [3.63, 3.8) is 0 Å². The standard InChI is InChI=1S/C20H23FN2O3/c1-23(2)17(15-5-7-16(21)8-6-15)12-22-20(24)10-4-14-3-9-18-19(11-14)26-13-25-18/h3,5-9,11,17H,4,10,12-13H2,1-2H3,(H,22,24). The fourth-order valence-electron chi connectivity index (χ4n) is 2.94. The molecule has 0 saturated heterocycles. The first-order chi connectivity index (χ1) is 12.5. The number of likely N-dealkylation sites (N-methyl/N-ethyl adjacent to an activating group) is 1. The number of carbonyl (C=O) groups is 1. The zero-order valence-electron chi connectivity index (χ0n) is 15.0. The van der Waals surface area contributed by atoms with Crippen LogP contribution in [0.5, 0.6) is 11.5 Å². The Labute approximate surface area is 152 Å². The number of nitrogens with zero attached hydrogens (tertiary/aromatic N) is 1. The van der Waals surface area contributed by atoms with E-state index in [1.165, 1.54) is 12.1 Å². The summed E-state index contributed by atoms with van der Waals surface area (Å²) in [6.07, 6.45) is 1.02. The third kappa shape index (κ3) is 4.52. The summed E-state index contributed by atoms with van der Waals surface area (Å²) in [4.78, 5) is 14.2. The van der Waals surface area contributed by atoms with Crippen LogP contribution in [-0.4, -0.2) is 38.2 Å².